The number of rotatable bonds is 5. The minimum absolute atomic E-state index is 0.0714. The van der Waals surface area contributed by atoms with E-state index >= 15 is 0 Å². The molecule has 5 nitrogen and oxygen atoms in total. The fourth-order valence-electron chi connectivity index (χ4n) is 2.74. The van der Waals surface area contributed by atoms with Crippen molar-refractivity contribution in [3.8, 4) is 22.1 Å². The molecule has 0 spiro atoms. The Kier molecular flexibility index (Phi) is 5.86. The summed E-state index contributed by atoms with van der Waals surface area (Å²) in [5, 5.41) is 2.57. The van der Waals surface area contributed by atoms with Gasteiger partial charge in [-0.05, 0) is 48.0 Å². The van der Waals surface area contributed by atoms with E-state index in [-0.39, 0.29) is 12.4 Å². The number of hydrogen-bond donors (Lipinski definition) is 0. The van der Waals surface area contributed by atoms with E-state index in [4.69, 9.17) is 14.2 Å². The van der Waals surface area contributed by atoms with E-state index in [9.17, 15) is 9.18 Å². The second kappa shape index (κ2) is 8.87. The Hall–Kier alpha value is -3.19. The summed E-state index contributed by atoms with van der Waals surface area (Å²) in [6.45, 7) is 1.31. The Balaban J connectivity index is 1.33. The molecule has 2 heterocycles. The summed E-state index contributed by atoms with van der Waals surface area (Å²) in [6.07, 6.45) is 3.88. The fourth-order valence-corrected chi connectivity index (χ4v) is 3.55. The molecule has 0 N–H and O–H groups in total. The van der Waals surface area contributed by atoms with Crippen LogP contribution in [0.25, 0.3) is 16.6 Å². The van der Waals surface area contributed by atoms with Crippen LogP contribution in [0.2, 0.25) is 0 Å². The van der Waals surface area contributed by atoms with Crippen LogP contribution in [0.5, 0.6) is 11.5 Å². The highest BCUT2D eigenvalue weighted by atomic mass is 32.1. The fraction of sp³-hybridized carbons (Fsp3) is 0.182. The zero-order valence-electron chi connectivity index (χ0n) is 15.5. The van der Waals surface area contributed by atoms with Gasteiger partial charge >= 0.3 is 5.97 Å². The number of carbonyl (C=O) groups excluding carboxylic acids is 1. The van der Waals surface area contributed by atoms with E-state index in [1.54, 1.807) is 18.2 Å². The Morgan fingerprint density at radius 2 is 1.93 bits per heavy atom. The molecule has 1 aliphatic rings. The first-order chi connectivity index (χ1) is 14.2. The minimum atomic E-state index is -0.464. The standard InChI is InChI=1S/C22H18FNO4S/c23-17-6-4-16(5-7-17)22-24-18(14-29-22)13-28-21(25)9-3-15-2-8-19-20(12-15)27-11-1-10-26-19/h2-9,12,14H,1,10-11,13H2/b9-3+. The van der Waals surface area contributed by atoms with E-state index < -0.39 is 5.97 Å². The van der Waals surface area contributed by atoms with Crippen LogP contribution in [0.1, 0.15) is 17.7 Å². The third kappa shape index (κ3) is 5.00. The molecular weight excluding hydrogens is 393 g/mol. The second-order valence-electron chi connectivity index (χ2n) is 6.35. The molecule has 4 rings (SSSR count). The third-order valence-electron chi connectivity index (χ3n) is 4.19. The lowest BCUT2D eigenvalue weighted by atomic mass is 10.2. The molecule has 0 bridgehead atoms. The highest BCUT2D eigenvalue weighted by Crippen LogP contribution is 2.30. The van der Waals surface area contributed by atoms with Gasteiger partial charge in [-0.1, -0.05) is 6.07 Å². The molecule has 0 atom stereocenters. The maximum absolute atomic E-state index is 13.0. The van der Waals surface area contributed by atoms with Crippen LogP contribution in [0.15, 0.2) is 53.9 Å². The summed E-state index contributed by atoms with van der Waals surface area (Å²) in [6, 6.07) is 11.6. The highest BCUT2D eigenvalue weighted by Gasteiger charge is 2.10. The van der Waals surface area contributed by atoms with Crippen molar-refractivity contribution in [1.82, 2.24) is 4.98 Å². The van der Waals surface area contributed by atoms with Crippen molar-refractivity contribution in [2.24, 2.45) is 0 Å². The van der Waals surface area contributed by atoms with Crippen LogP contribution in [-0.2, 0) is 16.1 Å². The molecule has 0 saturated heterocycles. The molecule has 3 aromatic rings. The molecule has 0 unspecified atom stereocenters. The topological polar surface area (TPSA) is 57.7 Å². The number of fused-ring (bicyclic) bond motifs is 1. The summed E-state index contributed by atoms with van der Waals surface area (Å²) in [4.78, 5) is 16.4. The third-order valence-corrected chi connectivity index (χ3v) is 5.13. The van der Waals surface area contributed by atoms with Gasteiger partial charge in [-0.15, -0.1) is 11.3 Å². The van der Waals surface area contributed by atoms with Crippen molar-refractivity contribution >= 4 is 23.4 Å². The average molecular weight is 411 g/mol. The summed E-state index contributed by atoms with van der Waals surface area (Å²) in [7, 11) is 0. The predicted octanol–water partition coefficient (Wildman–Crippen LogP) is 4.87. The van der Waals surface area contributed by atoms with E-state index in [1.807, 2.05) is 23.6 Å². The van der Waals surface area contributed by atoms with Gasteiger partial charge in [0.2, 0.25) is 0 Å². The van der Waals surface area contributed by atoms with Crippen molar-refractivity contribution in [2.75, 3.05) is 13.2 Å². The molecule has 29 heavy (non-hydrogen) atoms. The molecular formula is C22H18FNO4S. The van der Waals surface area contributed by atoms with Crippen molar-refractivity contribution in [1.29, 1.82) is 0 Å². The highest BCUT2D eigenvalue weighted by molar-refractivity contribution is 7.13. The number of thiazole rings is 1. The lowest BCUT2D eigenvalue weighted by Gasteiger charge is -2.07. The number of carbonyl (C=O) groups is 1. The molecule has 0 aliphatic carbocycles. The number of ether oxygens (including phenoxy) is 3. The summed E-state index contributed by atoms with van der Waals surface area (Å²) in [5.41, 5.74) is 2.29. The number of nitrogens with zero attached hydrogens (tertiary/aromatic N) is 1. The first-order valence-corrected chi connectivity index (χ1v) is 10.0. The molecule has 2 aromatic carbocycles. The quantitative estimate of drug-likeness (QED) is 0.443. The molecule has 1 aliphatic heterocycles. The molecule has 148 valence electrons. The smallest absolute Gasteiger partial charge is 0.331 e. The van der Waals surface area contributed by atoms with Gasteiger partial charge in [0.1, 0.15) is 17.4 Å². The Morgan fingerprint density at radius 3 is 2.76 bits per heavy atom. The number of benzene rings is 2. The van der Waals surface area contributed by atoms with E-state index in [1.165, 1.54) is 29.5 Å². The largest absolute Gasteiger partial charge is 0.490 e. The minimum Gasteiger partial charge on any atom is -0.490 e. The van der Waals surface area contributed by atoms with Crippen molar-refractivity contribution in [3.05, 3.63) is 71.0 Å². The molecule has 1 aromatic heterocycles. The van der Waals surface area contributed by atoms with Crippen LogP contribution in [0, 0.1) is 5.82 Å². The normalized spacial score (nSPS) is 13.3. The maximum atomic E-state index is 13.0. The van der Waals surface area contributed by atoms with Gasteiger partial charge in [-0.3, -0.25) is 0 Å². The molecule has 0 fully saturated rings. The number of esters is 1. The Labute approximate surface area is 171 Å². The molecule has 0 saturated carbocycles. The first-order valence-electron chi connectivity index (χ1n) is 9.12. The lowest BCUT2D eigenvalue weighted by Crippen LogP contribution is -2.01. The maximum Gasteiger partial charge on any atom is 0.331 e. The van der Waals surface area contributed by atoms with Crippen LogP contribution < -0.4 is 9.47 Å². The monoisotopic (exact) mass is 411 g/mol. The Morgan fingerprint density at radius 1 is 1.14 bits per heavy atom. The van der Waals surface area contributed by atoms with Gasteiger partial charge in [-0.2, -0.15) is 0 Å². The second-order valence-corrected chi connectivity index (χ2v) is 7.21. The predicted molar refractivity (Wildman–Crippen MR) is 108 cm³/mol. The van der Waals surface area contributed by atoms with Crippen LogP contribution in [0.4, 0.5) is 4.39 Å². The first kappa shape index (κ1) is 19.1. The van der Waals surface area contributed by atoms with Gasteiger partial charge in [0.05, 0.1) is 18.9 Å². The number of halogens is 1. The summed E-state index contributed by atoms with van der Waals surface area (Å²) in [5.74, 6) is 0.629. The van der Waals surface area contributed by atoms with Gasteiger partial charge in [0.15, 0.2) is 11.5 Å². The van der Waals surface area contributed by atoms with Crippen molar-refractivity contribution < 1.29 is 23.4 Å². The van der Waals surface area contributed by atoms with E-state index in [2.05, 4.69) is 4.98 Å². The SMILES string of the molecule is O=C(/C=C/c1ccc2c(c1)OCCCO2)OCc1csc(-c2ccc(F)cc2)n1. The molecule has 0 amide bonds. The number of hydrogen-bond acceptors (Lipinski definition) is 6. The van der Waals surface area contributed by atoms with E-state index in [0.717, 1.165) is 22.6 Å². The zero-order valence-corrected chi connectivity index (χ0v) is 16.3. The molecule has 7 heteroatoms. The van der Waals surface area contributed by atoms with E-state index in [0.29, 0.717) is 30.4 Å². The summed E-state index contributed by atoms with van der Waals surface area (Å²) >= 11 is 1.42. The van der Waals surface area contributed by atoms with Gasteiger partial charge in [-0.25, -0.2) is 14.2 Å². The van der Waals surface area contributed by atoms with Gasteiger partial charge in [0, 0.05) is 23.4 Å². The number of aromatic nitrogens is 1. The molecule has 0 radical (unpaired) electrons. The van der Waals surface area contributed by atoms with Crippen molar-refractivity contribution in [2.45, 2.75) is 13.0 Å². The van der Waals surface area contributed by atoms with Gasteiger partial charge < -0.3 is 14.2 Å². The Bertz CT molecular complexity index is 1030. The van der Waals surface area contributed by atoms with Crippen LogP contribution >= 0.6 is 11.3 Å². The van der Waals surface area contributed by atoms with Crippen LogP contribution in [-0.4, -0.2) is 24.2 Å². The zero-order chi connectivity index (χ0) is 20.1. The summed E-state index contributed by atoms with van der Waals surface area (Å²) < 4.78 is 29.5. The van der Waals surface area contributed by atoms with Crippen molar-refractivity contribution in [3.63, 3.8) is 0 Å². The van der Waals surface area contributed by atoms with Gasteiger partial charge in [0.25, 0.3) is 0 Å². The lowest BCUT2D eigenvalue weighted by molar-refractivity contribution is -0.139. The average Bonchev–Trinajstić information content (AvgIpc) is 3.08. The van der Waals surface area contributed by atoms with Crippen LogP contribution in [0.3, 0.4) is 0 Å².